The zero-order valence-electron chi connectivity index (χ0n) is 13.7. The Morgan fingerprint density at radius 3 is 2.28 bits per heavy atom. The van der Waals surface area contributed by atoms with Gasteiger partial charge in [0.05, 0.1) is 12.8 Å². The van der Waals surface area contributed by atoms with Crippen molar-refractivity contribution >= 4 is 17.8 Å². The van der Waals surface area contributed by atoms with Crippen LogP contribution in [0.5, 0.6) is 5.75 Å². The summed E-state index contributed by atoms with van der Waals surface area (Å²) >= 11 is 5.87. The van der Waals surface area contributed by atoms with Crippen molar-refractivity contribution in [2.75, 3.05) is 0 Å². The minimum absolute atomic E-state index is 0.517. The predicted molar refractivity (Wildman–Crippen MR) is 103 cm³/mol. The van der Waals surface area contributed by atoms with E-state index >= 15 is 0 Å². The van der Waals surface area contributed by atoms with E-state index < -0.39 is 0 Å². The highest BCUT2D eigenvalue weighted by Crippen LogP contribution is 2.15. The van der Waals surface area contributed by atoms with E-state index in [1.807, 2.05) is 66.7 Å². The van der Waals surface area contributed by atoms with Crippen molar-refractivity contribution < 1.29 is 4.74 Å². The maximum atomic E-state index is 5.87. The molecular weight excluding hydrogens is 332 g/mol. The molecule has 25 heavy (non-hydrogen) atoms. The van der Waals surface area contributed by atoms with E-state index in [1.54, 1.807) is 6.21 Å². The second-order valence-electron chi connectivity index (χ2n) is 5.56. The summed E-state index contributed by atoms with van der Waals surface area (Å²) in [6.45, 7) is 1.23. The van der Waals surface area contributed by atoms with Crippen LogP contribution in [-0.4, -0.2) is 6.21 Å². The summed E-state index contributed by atoms with van der Waals surface area (Å²) in [6, 6.07) is 25.6. The van der Waals surface area contributed by atoms with Gasteiger partial charge in [-0.15, -0.1) is 0 Å². The van der Waals surface area contributed by atoms with Crippen molar-refractivity contribution in [2.45, 2.75) is 13.2 Å². The number of ether oxygens (including phenoxy) is 1. The molecule has 0 aliphatic carbocycles. The molecule has 0 aliphatic heterocycles. The summed E-state index contributed by atoms with van der Waals surface area (Å²) in [4.78, 5) is 0. The van der Waals surface area contributed by atoms with Gasteiger partial charge in [0.1, 0.15) is 12.4 Å². The first-order chi connectivity index (χ1) is 12.3. The average molecular weight is 351 g/mol. The van der Waals surface area contributed by atoms with Gasteiger partial charge in [0.25, 0.3) is 0 Å². The molecule has 0 saturated heterocycles. The molecule has 4 heteroatoms. The van der Waals surface area contributed by atoms with Crippen LogP contribution in [0.4, 0.5) is 0 Å². The summed E-state index contributed by atoms with van der Waals surface area (Å²) in [5.41, 5.74) is 6.34. The molecule has 3 rings (SSSR count). The Morgan fingerprint density at radius 2 is 1.56 bits per heavy atom. The summed E-state index contributed by atoms with van der Waals surface area (Å²) in [5, 5.41) is 4.97. The Bertz CT molecular complexity index is 800. The molecule has 0 bridgehead atoms. The maximum absolute atomic E-state index is 5.87. The molecular formula is C21H19ClN2O. The number of hydrogen-bond donors (Lipinski definition) is 1. The van der Waals surface area contributed by atoms with Crippen LogP contribution in [0.25, 0.3) is 0 Å². The summed E-state index contributed by atoms with van der Waals surface area (Å²) in [7, 11) is 0. The van der Waals surface area contributed by atoms with Gasteiger partial charge in [0.15, 0.2) is 0 Å². The van der Waals surface area contributed by atoms with Gasteiger partial charge in [-0.3, -0.25) is 0 Å². The fraction of sp³-hybridized carbons (Fsp3) is 0.0952. The van der Waals surface area contributed by atoms with Gasteiger partial charge in [0, 0.05) is 5.02 Å². The van der Waals surface area contributed by atoms with Crippen LogP contribution >= 0.6 is 11.6 Å². The van der Waals surface area contributed by atoms with Crippen molar-refractivity contribution in [3.63, 3.8) is 0 Å². The fourth-order valence-corrected chi connectivity index (χ4v) is 2.38. The maximum Gasteiger partial charge on any atom is 0.119 e. The normalized spacial score (nSPS) is 10.8. The minimum atomic E-state index is 0.517. The van der Waals surface area contributed by atoms with Gasteiger partial charge in [0.2, 0.25) is 0 Å². The molecule has 0 spiro atoms. The Labute approximate surface area is 152 Å². The largest absolute Gasteiger partial charge is 0.489 e. The minimum Gasteiger partial charge on any atom is -0.489 e. The third kappa shape index (κ3) is 5.66. The predicted octanol–water partition coefficient (Wildman–Crippen LogP) is 5.04. The highest BCUT2D eigenvalue weighted by atomic mass is 35.5. The first kappa shape index (κ1) is 17.1. The molecule has 3 aromatic carbocycles. The molecule has 0 atom stereocenters. The lowest BCUT2D eigenvalue weighted by molar-refractivity contribution is 0.306. The summed E-state index contributed by atoms with van der Waals surface area (Å²) in [6.07, 6.45) is 1.80. The molecule has 3 aromatic rings. The number of hydrogen-bond acceptors (Lipinski definition) is 3. The Balaban J connectivity index is 1.46. The molecule has 126 valence electrons. The van der Waals surface area contributed by atoms with E-state index in [4.69, 9.17) is 16.3 Å². The third-order valence-corrected chi connectivity index (χ3v) is 3.88. The first-order valence-corrected chi connectivity index (χ1v) is 8.44. The highest BCUT2D eigenvalue weighted by Gasteiger charge is 1.97. The van der Waals surface area contributed by atoms with Gasteiger partial charge in [-0.05, 0) is 53.1 Å². The zero-order valence-corrected chi connectivity index (χ0v) is 14.5. The average Bonchev–Trinajstić information content (AvgIpc) is 2.67. The molecule has 0 heterocycles. The third-order valence-electron chi connectivity index (χ3n) is 3.63. The molecule has 0 aromatic heterocycles. The van der Waals surface area contributed by atoms with Gasteiger partial charge in [-0.25, -0.2) is 0 Å². The van der Waals surface area contributed by atoms with Gasteiger partial charge in [-0.1, -0.05) is 54.1 Å². The van der Waals surface area contributed by atoms with Crippen LogP contribution in [0.15, 0.2) is 84.0 Å². The van der Waals surface area contributed by atoms with Crippen LogP contribution in [0, 0.1) is 0 Å². The van der Waals surface area contributed by atoms with Gasteiger partial charge in [-0.2, -0.15) is 5.10 Å². The zero-order chi connectivity index (χ0) is 17.3. The summed E-state index contributed by atoms with van der Waals surface area (Å²) in [5.74, 6) is 0.823. The van der Waals surface area contributed by atoms with Crippen LogP contribution in [0.3, 0.4) is 0 Å². The molecule has 0 radical (unpaired) electrons. The Morgan fingerprint density at radius 1 is 0.840 bits per heavy atom. The highest BCUT2D eigenvalue weighted by molar-refractivity contribution is 6.30. The van der Waals surface area contributed by atoms with Crippen LogP contribution < -0.4 is 10.2 Å². The van der Waals surface area contributed by atoms with E-state index in [0.29, 0.717) is 13.2 Å². The number of hydrazone groups is 1. The number of halogens is 1. The van der Waals surface area contributed by atoms with Crippen molar-refractivity contribution in [3.05, 3.63) is 101 Å². The quantitative estimate of drug-likeness (QED) is 0.478. The molecule has 0 unspecified atom stereocenters. The molecule has 0 fully saturated rings. The van der Waals surface area contributed by atoms with E-state index in [0.717, 1.165) is 21.9 Å². The van der Waals surface area contributed by atoms with E-state index in [9.17, 15) is 0 Å². The molecule has 3 nitrogen and oxygen atoms in total. The van der Waals surface area contributed by atoms with Crippen molar-refractivity contribution in [2.24, 2.45) is 5.10 Å². The van der Waals surface area contributed by atoms with Gasteiger partial charge < -0.3 is 10.2 Å². The topological polar surface area (TPSA) is 33.6 Å². The smallest absolute Gasteiger partial charge is 0.119 e. The number of nitrogens with zero attached hydrogens (tertiary/aromatic N) is 1. The molecule has 0 aliphatic rings. The number of benzene rings is 3. The monoisotopic (exact) mass is 350 g/mol. The van der Waals surface area contributed by atoms with Gasteiger partial charge >= 0.3 is 0 Å². The van der Waals surface area contributed by atoms with Crippen molar-refractivity contribution in [1.29, 1.82) is 0 Å². The molecule has 0 amide bonds. The van der Waals surface area contributed by atoms with Crippen LogP contribution in [-0.2, 0) is 13.2 Å². The number of rotatable bonds is 7. The van der Waals surface area contributed by atoms with E-state index in [1.165, 1.54) is 5.56 Å². The van der Waals surface area contributed by atoms with E-state index in [-0.39, 0.29) is 0 Å². The van der Waals surface area contributed by atoms with Crippen LogP contribution in [0.2, 0.25) is 5.02 Å². The lowest BCUT2D eigenvalue weighted by atomic mass is 10.2. The second kappa shape index (κ2) is 8.90. The van der Waals surface area contributed by atoms with Crippen LogP contribution in [0.1, 0.15) is 16.7 Å². The van der Waals surface area contributed by atoms with E-state index in [2.05, 4.69) is 22.7 Å². The Kier molecular flexibility index (Phi) is 6.07. The van der Waals surface area contributed by atoms with Crippen molar-refractivity contribution in [3.8, 4) is 5.75 Å². The lowest BCUT2D eigenvalue weighted by Crippen LogP contribution is -2.05. The summed E-state index contributed by atoms with van der Waals surface area (Å²) < 4.78 is 5.77. The molecule has 1 N–H and O–H groups in total. The lowest BCUT2D eigenvalue weighted by Gasteiger charge is -2.06. The number of nitrogens with one attached hydrogen (secondary N) is 1. The first-order valence-electron chi connectivity index (χ1n) is 8.07. The SMILES string of the molecule is Clc1ccc(COc2ccc(C=NNCc3ccccc3)cc2)cc1. The standard InChI is InChI=1S/C21H19ClN2O/c22-20-10-6-19(7-11-20)16-25-21-12-8-18(9-13-21)15-24-23-14-17-4-2-1-3-5-17/h1-13,15,23H,14,16H2. The van der Waals surface area contributed by atoms with Crippen molar-refractivity contribution in [1.82, 2.24) is 5.43 Å². The fourth-order valence-electron chi connectivity index (χ4n) is 2.25. The molecule has 0 saturated carbocycles. The Hall–Kier alpha value is -2.78. The second-order valence-corrected chi connectivity index (χ2v) is 6.00.